The number of aromatic nitrogens is 3. The predicted octanol–water partition coefficient (Wildman–Crippen LogP) is 7.54. The molecule has 0 spiro atoms. The van der Waals surface area contributed by atoms with Crippen molar-refractivity contribution in [3.63, 3.8) is 0 Å². The number of urea groups is 1. The van der Waals surface area contributed by atoms with Crippen LogP contribution < -0.4 is 5.32 Å². The van der Waals surface area contributed by atoms with E-state index in [9.17, 15) is 9.59 Å². The SMILES string of the molecule is CCc1cc(NC(=O)N2CCc3nc(-c4cccnc4)nc(-c4ccccc4C)c3C2)cc(-c2ccc(C(C)=O)cc2)c1. The summed E-state index contributed by atoms with van der Waals surface area (Å²) >= 11 is 0. The average molecular weight is 568 g/mol. The number of amides is 2. The number of ketones is 1. The second-order valence-electron chi connectivity index (χ2n) is 10.9. The van der Waals surface area contributed by atoms with Crippen LogP contribution in [0.4, 0.5) is 10.5 Å². The fraction of sp³-hybridized carbons (Fsp3) is 0.194. The molecule has 0 saturated carbocycles. The molecule has 2 amide bonds. The van der Waals surface area contributed by atoms with Crippen LogP contribution >= 0.6 is 0 Å². The minimum absolute atomic E-state index is 0.0363. The molecule has 5 aromatic rings. The maximum Gasteiger partial charge on any atom is 0.322 e. The number of carbonyl (C=O) groups excluding carboxylic acids is 2. The van der Waals surface area contributed by atoms with Gasteiger partial charge in [0.25, 0.3) is 0 Å². The third-order valence-electron chi connectivity index (χ3n) is 7.94. The second-order valence-corrected chi connectivity index (χ2v) is 10.9. The molecular weight excluding hydrogens is 534 g/mol. The number of aryl methyl sites for hydroxylation is 2. The minimum Gasteiger partial charge on any atom is -0.320 e. The van der Waals surface area contributed by atoms with Crippen LogP contribution in [0.2, 0.25) is 0 Å². The highest BCUT2D eigenvalue weighted by Gasteiger charge is 2.27. The number of hydrogen-bond acceptors (Lipinski definition) is 5. The highest BCUT2D eigenvalue weighted by molar-refractivity contribution is 5.95. The van der Waals surface area contributed by atoms with Crippen molar-refractivity contribution in [1.82, 2.24) is 19.9 Å². The summed E-state index contributed by atoms with van der Waals surface area (Å²) in [5.41, 5.74) is 10.3. The molecule has 0 aliphatic carbocycles. The molecule has 0 bridgehead atoms. The summed E-state index contributed by atoms with van der Waals surface area (Å²) in [4.78, 5) is 41.5. The van der Waals surface area contributed by atoms with Crippen LogP contribution in [0.15, 0.2) is 91.3 Å². The Bertz CT molecular complexity index is 1820. The molecule has 214 valence electrons. The first-order chi connectivity index (χ1) is 20.9. The van der Waals surface area contributed by atoms with Crippen LogP contribution in [0.1, 0.15) is 46.6 Å². The van der Waals surface area contributed by atoms with Crippen molar-refractivity contribution in [1.29, 1.82) is 0 Å². The number of nitrogens with one attached hydrogen (secondary N) is 1. The first-order valence-electron chi connectivity index (χ1n) is 14.6. The Balaban J connectivity index is 1.30. The molecule has 1 N–H and O–H groups in total. The van der Waals surface area contributed by atoms with Gasteiger partial charge in [0.2, 0.25) is 0 Å². The molecule has 3 aromatic carbocycles. The minimum atomic E-state index is -0.163. The van der Waals surface area contributed by atoms with Gasteiger partial charge < -0.3 is 10.2 Å². The Morgan fingerprint density at radius 2 is 1.72 bits per heavy atom. The van der Waals surface area contributed by atoms with E-state index in [1.54, 1.807) is 19.3 Å². The van der Waals surface area contributed by atoms with Crippen molar-refractivity contribution in [3.8, 4) is 33.8 Å². The first kappa shape index (κ1) is 28.0. The number of Topliss-reactive ketones (excluding diaryl/α,β-unsaturated/α-hetero) is 1. The number of rotatable bonds is 6. The van der Waals surface area contributed by atoms with Crippen LogP contribution in [0.5, 0.6) is 0 Å². The van der Waals surface area contributed by atoms with Gasteiger partial charge in [-0.2, -0.15) is 0 Å². The molecule has 3 heterocycles. The molecule has 6 rings (SSSR count). The van der Waals surface area contributed by atoms with Crippen LogP contribution in [-0.2, 0) is 19.4 Å². The summed E-state index contributed by atoms with van der Waals surface area (Å²) in [7, 11) is 0. The fourth-order valence-corrected chi connectivity index (χ4v) is 5.51. The van der Waals surface area contributed by atoms with E-state index in [1.165, 1.54) is 0 Å². The summed E-state index contributed by atoms with van der Waals surface area (Å²) < 4.78 is 0. The zero-order valence-corrected chi connectivity index (χ0v) is 24.6. The highest BCUT2D eigenvalue weighted by Crippen LogP contribution is 2.33. The van der Waals surface area contributed by atoms with Gasteiger partial charge in [-0.3, -0.25) is 9.78 Å². The molecule has 0 atom stereocenters. The lowest BCUT2D eigenvalue weighted by Crippen LogP contribution is -2.39. The zero-order valence-electron chi connectivity index (χ0n) is 24.6. The summed E-state index contributed by atoms with van der Waals surface area (Å²) in [5, 5.41) is 3.15. The lowest BCUT2D eigenvalue weighted by molar-refractivity contribution is 0.101. The van der Waals surface area contributed by atoms with Gasteiger partial charge in [-0.15, -0.1) is 0 Å². The third kappa shape index (κ3) is 5.93. The Morgan fingerprint density at radius 3 is 2.44 bits per heavy atom. The fourth-order valence-electron chi connectivity index (χ4n) is 5.51. The standard InChI is InChI=1S/C36H33N5O2/c1-4-25-18-29(27-13-11-26(12-14-27)24(3)42)20-30(19-25)38-36(43)41-17-15-33-32(22-41)34(31-10-6-5-8-23(31)2)40-35(39-33)28-9-7-16-37-21-28/h5-14,16,18-21H,4,15,17,22H2,1-3H3,(H,38,43). The topological polar surface area (TPSA) is 88.1 Å². The second kappa shape index (κ2) is 12.0. The van der Waals surface area contributed by atoms with Crippen LogP contribution in [0, 0.1) is 6.92 Å². The summed E-state index contributed by atoms with van der Waals surface area (Å²) in [6, 6.07) is 25.6. The third-order valence-corrected chi connectivity index (χ3v) is 7.94. The van der Waals surface area contributed by atoms with E-state index in [0.29, 0.717) is 30.9 Å². The Morgan fingerprint density at radius 1 is 0.907 bits per heavy atom. The molecule has 1 aliphatic rings. The van der Waals surface area contributed by atoms with Gasteiger partial charge >= 0.3 is 6.03 Å². The molecule has 7 heteroatoms. The number of hydrogen-bond donors (Lipinski definition) is 1. The van der Waals surface area contributed by atoms with Crippen LogP contribution in [0.25, 0.3) is 33.8 Å². The Labute approximate surface area is 251 Å². The first-order valence-corrected chi connectivity index (χ1v) is 14.6. The van der Waals surface area contributed by atoms with Crippen molar-refractivity contribution < 1.29 is 9.59 Å². The van der Waals surface area contributed by atoms with Gasteiger partial charge in [-0.25, -0.2) is 14.8 Å². The molecule has 0 fully saturated rings. The molecule has 0 radical (unpaired) electrons. The van der Waals surface area contributed by atoms with Crippen molar-refractivity contribution in [3.05, 3.63) is 119 Å². The Hall–Kier alpha value is -5.17. The molecule has 1 aliphatic heterocycles. The number of pyridine rings is 1. The van der Waals surface area contributed by atoms with Crippen molar-refractivity contribution in [2.75, 3.05) is 11.9 Å². The van der Waals surface area contributed by atoms with E-state index in [2.05, 4.69) is 42.3 Å². The number of benzene rings is 3. The lowest BCUT2D eigenvalue weighted by Gasteiger charge is -2.30. The van der Waals surface area contributed by atoms with Gasteiger partial charge in [0.15, 0.2) is 11.6 Å². The van der Waals surface area contributed by atoms with Gasteiger partial charge in [0.1, 0.15) is 0 Å². The molecule has 43 heavy (non-hydrogen) atoms. The van der Waals surface area contributed by atoms with Gasteiger partial charge in [-0.1, -0.05) is 61.5 Å². The van der Waals surface area contributed by atoms with E-state index in [-0.39, 0.29) is 11.8 Å². The number of carbonyl (C=O) groups is 2. The van der Waals surface area contributed by atoms with Crippen LogP contribution in [-0.4, -0.2) is 38.2 Å². The number of anilines is 1. The van der Waals surface area contributed by atoms with Crippen molar-refractivity contribution >= 4 is 17.5 Å². The number of nitrogens with zero attached hydrogens (tertiary/aromatic N) is 4. The predicted molar refractivity (Wildman–Crippen MR) is 170 cm³/mol. The largest absolute Gasteiger partial charge is 0.322 e. The van der Waals surface area contributed by atoms with Crippen LogP contribution in [0.3, 0.4) is 0 Å². The molecule has 0 saturated heterocycles. The summed E-state index contributed by atoms with van der Waals surface area (Å²) in [5.74, 6) is 0.678. The van der Waals surface area contributed by atoms with Crippen molar-refractivity contribution in [2.45, 2.75) is 40.2 Å². The smallest absolute Gasteiger partial charge is 0.320 e. The van der Waals surface area contributed by atoms with Gasteiger partial charge in [0.05, 0.1) is 17.9 Å². The van der Waals surface area contributed by atoms with Gasteiger partial charge in [0, 0.05) is 53.3 Å². The molecular formula is C36H33N5O2. The summed E-state index contributed by atoms with van der Waals surface area (Å²) in [6.07, 6.45) is 4.97. The zero-order chi connectivity index (χ0) is 29.9. The van der Waals surface area contributed by atoms with E-state index in [1.807, 2.05) is 65.6 Å². The molecule has 2 aromatic heterocycles. The van der Waals surface area contributed by atoms with Crippen molar-refractivity contribution in [2.24, 2.45) is 0 Å². The Kier molecular flexibility index (Phi) is 7.79. The van der Waals surface area contributed by atoms with E-state index < -0.39 is 0 Å². The van der Waals surface area contributed by atoms with E-state index in [0.717, 1.165) is 62.4 Å². The normalized spacial score (nSPS) is 12.5. The quantitative estimate of drug-likeness (QED) is 0.214. The number of fused-ring (bicyclic) bond motifs is 1. The monoisotopic (exact) mass is 567 g/mol. The van der Waals surface area contributed by atoms with Gasteiger partial charge in [-0.05, 0) is 66.8 Å². The highest BCUT2D eigenvalue weighted by atomic mass is 16.2. The molecule has 0 unspecified atom stereocenters. The maximum absolute atomic E-state index is 13.7. The van der Waals surface area contributed by atoms with E-state index >= 15 is 0 Å². The lowest BCUT2D eigenvalue weighted by atomic mass is 9.96. The maximum atomic E-state index is 13.7. The average Bonchev–Trinajstić information content (AvgIpc) is 3.04. The van der Waals surface area contributed by atoms with E-state index in [4.69, 9.17) is 9.97 Å². The molecule has 7 nitrogen and oxygen atoms in total. The summed E-state index contributed by atoms with van der Waals surface area (Å²) in [6.45, 7) is 6.69.